The zero-order chi connectivity index (χ0) is 14.7. The zero-order valence-electron chi connectivity index (χ0n) is 12.9. The highest BCUT2D eigenvalue weighted by Crippen LogP contribution is 2.25. The fraction of sp³-hybridized carbons (Fsp3) is 0.647. The van der Waals surface area contributed by atoms with Crippen LogP contribution >= 0.6 is 0 Å². The molecule has 0 aromatic heterocycles. The Morgan fingerprint density at radius 3 is 2.57 bits per heavy atom. The van der Waals surface area contributed by atoms with E-state index in [0.29, 0.717) is 6.04 Å². The smallest absolute Gasteiger partial charge is 0.0541 e. The highest BCUT2D eigenvalue weighted by atomic mass is 16.3. The monoisotopic (exact) mass is 288 g/mol. The SMILES string of the molecule is CN1CCN(c2cc[c]c(N[C@H]3CC[C@@H](O)CC3)c2)CC1. The van der Waals surface area contributed by atoms with Crippen LogP contribution in [0.5, 0.6) is 0 Å². The standard InChI is InChI=1S/C17H26N3O/c1-19-9-11-20(12-10-19)16-4-2-3-15(13-16)18-14-5-7-17(21)8-6-14/h2,4,13-14,17-18,21H,5-12H2,1H3/t14-,17+. The Kier molecular flexibility index (Phi) is 4.66. The number of anilines is 2. The second-order valence-corrected chi connectivity index (χ2v) is 6.40. The highest BCUT2D eigenvalue weighted by Gasteiger charge is 2.19. The lowest BCUT2D eigenvalue weighted by Gasteiger charge is -2.34. The van der Waals surface area contributed by atoms with Crippen molar-refractivity contribution in [2.24, 2.45) is 0 Å². The molecule has 0 amide bonds. The van der Waals surface area contributed by atoms with E-state index in [-0.39, 0.29) is 6.10 Å². The van der Waals surface area contributed by atoms with Crippen molar-refractivity contribution in [3.8, 4) is 0 Å². The normalized spacial score (nSPS) is 27.6. The molecule has 1 aromatic rings. The molecular weight excluding hydrogens is 262 g/mol. The summed E-state index contributed by atoms with van der Waals surface area (Å²) in [5.74, 6) is 0. The number of aliphatic hydroxyl groups is 1. The van der Waals surface area contributed by atoms with E-state index in [4.69, 9.17) is 0 Å². The average Bonchev–Trinajstić information content (AvgIpc) is 2.51. The van der Waals surface area contributed by atoms with Crippen LogP contribution in [0.3, 0.4) is 0 Å². The van der Waals surface area contributed by atoms with Crippen molar-refractivity contribution in [2.75, 3.05) is 43.4 Å². The third-order valence-corrected chi connectivity index (χ3v) is 4.71. The van der Waals surface area contributed by atoms with Crippen LogP contribution in [0.25, 0.3) is 0 Å². The maximum atomic E-state index is 9.58. The number of hydrogen-bond acceptors (Lipinski definition) is 4. The molecule has 2 N–H and O–H groups in total. The lowest BCUT2D eigenvalue weighted by atomic mass is 9.93. The highest BCUT2D eigenvalue weighted by molar-refractivity contribution is 5.58. The average molecular weight is 288 g/mol. The number of piperazine rings is 1. The lowest BCUT2D eigenvalue weighted by Crippen LogP contribution is -2.44. The summed E-state index contributed by atoms with van der Waals surface area (Å²) in [7, 11) is 2.18. The Morgan fingerprint density at radius 2 is 1.86 bits per heavy atom. The third kappa shape index (κ3) is 3.89. The van der Waals surface area contributed by atoms with Gasteiger partial charge in [-0.3, -0.25) is 0 Å². The predicted octanol–water partition coefficient (Wildman–Crippen LogP) is 1.95. The first-order chi connectivity index (χ1) is 10.2. The molecule has 1 saturated heterocycles. The molecular formula is C17H26N3O. The Morgan fingerprint density at radius 1 is 1.14 bits per heavy atom. The fourth-order valence-corrected chi connectivity index (χ4v) is 3.24. The quantitative estimate of drug-likeness (QED) is 0.892. The molecule has 0 unspecified atom stereocenters. The van der Waals surface area contributed by atoms with Crippen LogP contribution in [0.15, 0.2) is 18.2 Å². The van der Waals surface area contributed by atoms with Gasteiger partial charge in [0.1, 0.15) is 0 Å². The Bertz CT molecular complexity index is 449. The molecule has 1 aliphatic carbocycles. The summed E-state index contributed by atoms with van der Waals surface area (Å²) in [6, 6.07) is 10.2. The summed E-state index contributed by atoms with van der Waals surface area (Å²) in [6.07, 6.45) is 3.83. The van der Waals surface area contributed by atoms with Gasteiger partial charge in [-0.05, 0) is 44.9 Å². The zero-order valence-corrected chi connectivity index (χ0v) is 12.9. The van der Waals surface area contributed by atoms with E-state index in [9.17, 15) is 5.11 Å². The van der Waals surface area contributed by atoms with Gasteiger partial charge in [-0.15, -0.1) is 0 Å². The topological polar surface area (TPSA) is 38.7 Å². The summed E-state index contributed by atoms with van der Waals surface area (Å²) in [5.41, 5.74) is 2.38. The van der Waals surface area contributed by atoms with Crippen LogP contribution in [0.1, 0.15) is 25.7 Å². The molecule has 3 rings (SSSR count). The lowest BCUT2D eigenvalue weighted by molar-refractivity contribution is 0.126. The fourth-order valence-electron chi connectivity index (χ4n) is 3.24. The molecule has 0 spiro atoms. The van der Waals surface area contributed by atoms with E-state index >= 15 is 0 Å². The molecule has 115 valence electrons. The van der Waals surface area contributed by atoms with Crippen molar-refractivity contribution in [3.63, 3.8) is 0 Å². The van der Waals surface area contributed by atoms with Crippen LogP contribution in [0, 0.1) is 6.07 Å². The van der Waals surface area contributed by atoms with Crippen LogP contribution in [-0.4, -0.2) is 55.4 Å². The first kappa shape index (κ1) is 14.7. The Labute approximate surface area is 127 Å². The molecule has 1 heterocycles. The predicted molar refractivity (Wildman–Crippen MR) is 86.9 cm³/mol. The molecule has 4 heteroatoms. The molecule has 1 aromatic carbocycles. The Balaban J connectivity index is 1.60. The summed E-state index contributed by atoms with van der Waals surface area (Å²) in [4.78, 5) is 4.82. The van der Waals surface area contributed by atoms with Gasteiger partial charge in [0.2, 0.25) is 0 Å². The molecule has 2 fully saturated rings. The van der Waals surface area contributed by atoms with E-state index in [1.807, 2.05) is 6.07 Å². The summed E-state index contributed by atoms with van der Waals surface area (Å²) >= 11 is 0. The van der Waals surface area contributed by atoms with E-state index in [0.717, 1.165) is 57.5 Å². The maximum absolute atomic E-state index is 9.58. The first-order valence-corrected chi connectivity index (χ1v) is 8.10. The van der Waals surface area contributed by atoms with E-state index in [1.54, 1.807) is 0 Å². The van der Waals surface area contributed by atoms with Crippen molar-refractivity contribution in [1.82, 2.24) is 4.90 Å². The van der Waals surface area contributed by atoms with Crippen molar-refractivity contribution in [1.29, 1.82) is 0 Å². The molecule has 2 aliphatic rings. The van der Waals surface area contributed by atoms with Gasteiger partial charge in [-0.25, -0.2) is 0 Å². The van der Waals surface area contributed by atoms with E-state index in [1.165, 1.54) is 5.69 Å². The van der Waals surface area contributed by atoms with Crippen LogP contribution < -0.4 is 10.2 Å². The summed E-state index contributed by atoms with van der Waals surface area (Å²) in [5, 5.41) is 13.2. The minimum atomic E-state index is -0.0938. The minimum Gasteiger partial charge on any atom is -0.393 e. The molecule has 1 saturated carbocycles. The molecule has 21 heavy (non-hydrogen) atoms. The largest absolute Gasteiger partial charge is 0.393 e. The second kappa shape index (κ2) is 6.67. The van der Waals surface area contributed by atoms with Gasteiger partial charge >= 0.3 is 0 Å². The van der Waals surface area contributed by atoms with Gasteiger partial charge in [0.05, 0.1) is 6.10 Å². The van der Waals surface area contributed by atoms with Crippen molar-refractivity contribution < 1.29 is 5.11 Å². The number of nitrogens with one attached hydrogen (secondary N) is 1. The van der Waals surface area contributed by atoms with E-state index in [2.05, 4.69) is 40.4 Å². The molecule has 0 atom stereocenters. The summed E-state index contributed by atoms with van der Waals surface area (Å²) in [6.45, 7) is 4.44. The van der Waals surface area contributed by atoms with Gasteiger partial charge in [0, 0.05) is 49.7 Å². The number of rotatable bonds is 3. The molecule has 4 nitrogen and oxygen atoms in total. The van der Waals surface area contributed by atoms with E-state index < -0.39 is 0 Å². The number of benzene rings is 1. The number of likely N-dealkylation sites (N-methyl/N-ethyl adjacent to an activating group) is 1. The van der Waals surface area contributed by atoms with Gasteiger partial charge in [-0.2, -0.15) is 0 Å². The molecule has 1 aliphatic heterocycles. The van der Waals surface area contributed by atoms with Gasteiger partial charge in [-0.1, -0.05) is 6.07 Å². The number of hydrogen-bond donors (Lipinski definition) is 2. The summed E-state index contributed by atoms with van der Waals surface area (Å²) < 4.78 is 0. The number of nitrogens with zero attached hydrogens (tertiary/aromatic N) is 2. The van der Waals surface area contributed by atoms with Crippen molar-refractivity contribution in [3.05, 3.63) is 24.3 Å². The molecule has 0 bridgehead atoms. The molecule has 1 radical (unpaired) electrons. The second-order valence-electron chi connectivity index (χ2n) is 6.40. The van der Waals surface area contributed by atoms with Crippen molar-refractivity contribution in [2.45, 2.75) is 37.8 Å². The minimum absolute atomic E-state index is 0.0938. The van der Waals surface area contributed by atoms with Gasteiger partial charge < -0.3 is 20.2 Å². The van der Waals surface area contributed by atoms with Crippen molar-refractivity contribution >= 4 is 11.4 Å². The number of aliphatic hydroxyl groups excluding tert-OH is 1. The maximum Gasteiger partial charge on any atom is 0.0541 e. The van der Waals surface area contributed by atoms with Crippen LogP contribution in [0.2, 0.25) is 0 Å². The Hall–Kier alpha value is -1.26. The third-order valence-electron chi connectivity index (χ3n) is 4.71. The van der Waals surface area contributed by atoms with Gasteiger partial charge in [0.15, 0.2) is 0 Å². The first-order valence-electron chi connectivity index (χ1n) is 8.10. The van der Waals surface area contributed by atoms with Crippen LogP contribution in [-0.2, 0) is 0 Å². The van der Waals surface area contributed by atoms with Gasteiger partial charge in [0.25, 0.3) is 0 Å². The van der Waals surface area contributed by atoms with Crippen LogP contribution in [0.4, 0.5) is 11.4 Å².